The van der Waals surface area contributed by atoms with Crippen LogP contribution in [0.2, 0.25) is 0 Å². The molecule has 1 aliphatic rings. The van der Waals surface area contributed by atoms with E-state index >= 15 is 0 Å². The smallest absolute Gasteiger partial charge is 0.0170 e. The van der Waals surface area contributed by atoms with Gasteiger partial charge in [-0.05, 0) is 45.0 Å². The molecule has 0 fully saturated rings. The quantitative estimate of drug-likeness (QED) is 0.631. The lowest BCUT2D eigenvalue weighted by molar-refractivity contribution is 0.303. The molecule has 1 unspecified atom stereocenters. The monoisotopic (exact) mass is 175 g/mol. The van der Waals surface area contributed by atoms with E-state index in [1.54, 1.807) is 11.1 Å². The molecule has 1 aromatic carbocycles. The lowest BCUT2D eigenvalue weighted by atomic mass is 10.1. The average molecular weight is 175 g/mol. The van der Waals surface area contributed by atoms with Crippen LogP contribution in [0.5, 0.6) is 0 Å². The summed E-state index contributed by atoms with van der Waals surface area (Å²) >= 11 is 0. The summed E-state index contributed by atoms with van der Waals surface area (Å²) in [5, 5.41) is 0. The molecule has 0 heterocycles. The van der Waals surface area contributed by atoms with Crippen molar-refractivity contribution in [3.63, 3.8) is 0 Å². The Hall–Kier alpha value is -0.820. The number of aryl methyl sites for hydroxylation is 1. The van der Waals surface area contributed by atoms with Gasteiger partial charge in [-0.1, -0.05) is 23.8 Å². The molecular formula is C12H17N. The summed E-state index contributed by atoms with van der Waals surface area (Å²) < 4.78 is 0. The average Bonchev–Trinajstić information content (AvgIpc) is 2.46. The van der Waals surface area contributed by atoms with Gasteiger partial charge in [-0.2, -0.15) is 0 Å². The van der Waals surface area contributed by atoms with Crippen LogP contribution in [0.15, 0.2) is 18.2 Å². The molecule has 0 N–H and O–H groups in total. The van der Waals surface area contributed by atoms with E-state index < -0.39 is 0 Å². The highest BCUT2D eigenvalue weighted by Crippen LogP contribution is 2.25. The van der Waals surface area contributed by atoms with Crippen LogP contribution in [0.1, 0.15) is 16.7 Å². The van der Waals surface area contributed by atoms with Crippen molar-refractivity contribution in [3.05, 3.63) is 34.9 Å². The standard InChI is InChI=1S/C12H17N/c1-9-4-5-10-7-12(13(2)3)8-11(10)6-9/h4-6,12H,7-8H2,1-3H3. The van der Waals surface area contributed by atoms with E-state index in [2.05, 4.69) is 44.1 Å². The second-order valence-corrected chi connectivity index (χ2v) is 4.30. The molecule has 0 bridgehead atoms. The summed E-state index contributed by atoms with van der Waals surface area (Å²) in [6.45, 7) is 2.17. The molecule has 0 spiro atoms. The van der Waals surface area contributed by atoms with Crippen LogP contribution in [0.25, 0.3) is 0 Å². The Morgan fingerprint density at radius 1 is 1.15 bits per heavy atom. The van der Waals surface area contributed by atoms with Gasteiger partial charge in [-0.3, -0.25) is 0 Å². The lowest BCUT2D eigenvalue weighted by Gasteiger charge is -2.17. The highest BCUT2D eigenvalue weighted by atomic mass is 15.1. The van der Waals surface area contributed by atoms with Gasteiger partial charge in [-0.25, -0.2) is 0 Å². The molecule has 0 saturated heterocycles. The first-order valence-electron chi connectivity index (χ1n) is 4.91. The maximum absolute atomic E-state index is 2.33. The van der Waals surface area contributed by atoms with E-state index in [9.17, 15) is 0 Å². The van der Waals surface area contributed by atoms with E-state index in [1.807, 2.05) is 0 Å². The Morgan fingerprint density at radius 3 is 2.54 bits per heavy atom. The Balaban J connectivity index is 2.25. The maximum Gasteiger partial charge on any atom is 0.0170 e. The minimum absolute atomic E-state index is 0.719. The van der Waals surface area contributed by atoms with Gasteiger partial charge in [0.2, 0.25) is 0 Å². The minimum Gasteiger partial charge on any atom is -0.306 e. The fourth-order valence-corrected chi connectivity index (χ4v) is 2.09. The molecule has 13 heavy (non-hydrogen) atoms. The molecule has 70 valence electrons. The molecule has 0 radical (unpaired) electrons. The van der Waals surface area contributed by atoms with Crippen LogP contribution in [-0.2, 0) is 12.8 Å². The summed E-state index contributed by atoms with van der Waals surface area (Å²) in [7, 11) is 4.34. The normalized spacial score (nSPS) is 20.8. The van der Waals surface area contributed by atoms with Crippen LogP contribution in [0.4, 0.5) is 0 Å². The van der Waals surface area contributed by atoms with Crippen molar-refractivity contribution in [1.29, 1.82) is 0 Å². The Kier molecular flexibility index (Phi) is 2.12. The van der Waals surface area contributed by atoms with Gasteiger partial charge in [0.15, 0.2) is 0 Å². The lowest BCUT2D eigenvalue weighted by Crippen LogP contribution is -2.27. The second kappa shape index (κ2) is 3.15. The summed E-state index contributed by atoms with van der Waals surface area (Å²) in [5.74, 6) is 0. The van der Waals surface area contributed by atoms with Crippen LogP contribution >= 0.6 is 0 Å². The third kappa shape index (κ3) is 1.61. The van der Waals surface area contributed by atoms with Crippen LogP contribution in [0.3, 0.4) is 0 Å². The Labute approximate surface area is 80.4 Å². The maximum atomic E-state index is 2.33. The number of hydrogen-bond acceptors (Lipinski definition) is 1. The second-order valence-electron chi connectivity index (χ2n) is 4.30. The van der Waals surface area contributed by atoms with Crippen molar-refractivity contribution < 1.29 is 0 Å². The molecule has 1 aromatic rings. The predicted molar refractivity (Wildman–Crippen MR) is 56.1 cm³/mol. The molecular weight excluding hydrogens is 158 g/mol. The Morgan fingerprint density at radius 2 is 1.85 bits per heavy atom. The molecule has 0 saturated carbocycles. The molecule has 0 aliphatic heterocycles. The fraction of sp³-hybridized carbons (Fsp3) is 0.500. The van der Waals surface area contributed by atoms with Gasteiger partial charge in [0.1, 0.15) is 0 Å². The highest BCUT2D eigenvalue weighted by molar-refractivity contribution is 5.36. The zero-order valence-electron chi connectivity index (χ0n) is 8.67. The molecule has 1 nitrogen and oxygen atoms in total. The number of fused-ring (bicyclic) bond motifs is 1. The SMILES string of the molecule is Cc1ccc2c(c1)CC(N(C)C)C2. The van der Waals surface area contributed by atoms with E-state index in [4.69, 9.17) is 0 Å². The first-order chi connectivity index (χ1) is 6.16. The molecule has 1 aliphatic carbocycles. The van der Waals surface area contributed by atoms with Gasteiger partial charge >= 0.3 is 0 Å². The summed E-state index contributed by atoms with van der Waals surface area (Å²) in [4.78, 5) is 2.33. The predicted octanol–water partition coefficient (Wildman–Crippen LogP) is 2.02. The van der Waals surface area contributed by atoms with Gasteiger partial charge < -0.3 is 4.90 Å². The zero-order valence-corrected chi connectivity index (χ0v) is 8.67. The number of rotatable bonds is 1. The minimum atomic E-state index is 0.719. The number of hydrogen-bond donors (Lipinski definition) is 0. The molecule has 2 rings (SSSR count). The van der Waals surface area contributed by atoms with E-state index in [0.29, 0.717) is 0 Å². The number of benzene rings is 1. The topological polar surface area (TPSA) is 3.24 Å². The fourth-order valence-electron chi connectivity index (χ4n) is 2.09. The van der Waals surface area contributed by atoms with Crippen LogP contribution < -0.4 is 0 Å². The van der Waals surface area contributed by atoms with Crippen molar-refractivity contribution >= 4 is 0 Å². The van der Waals surface area contributed by atoms with Crippen molar-refractivity contribution in [2.75, 3.05) is 14.1 Å². The van der Waals surface area contributed by atoms with E-state index in [1.165, 1.54) is 18.4 Å². The van der Waals surface area contributed by atoms with E-state index in [0.717, 1.165) is 6.04 Å². The molecule has 1 atom stereocenters. The van der Waals surface area contributed by atoms with Crippen molar-refractivity contribution in [2.45, 2.75) is 25.8 Å². The summed E-state index contributed by atoms with van der Waals surface area (Å²) in [6.07, 6.45) is 2.45. The first-order valence-corrected chi connectivity index (χ1v) is 4.91. The largest absolute Gasteiger partial charge is 0.306 e. The Bertz CT molecular complexity index is 315. The third-order valence-corrected chi connectivity index (χ3v) is 3.00. The molecule has 1 heteroatoms. The molecule has 0 aromatic heterocycles. The molecule has 0 amide bonds. The van der Waals surface area contributed by atoms with Crippen molar-refractivity contribution in [3.8, 4) is 0 Å². The van der Waals surface area contributed by atoms with Gasteiger partial charge in [0, 0.05) is 6.04 Å². The zero-order chi connectivity index (χ0) is 9.42. The van der Waals surface area contributed by atoms with E-state index in [-0.39, 0.29) is 0 Å². The highest BCUT2D eigenvalue weighted by Gasteiger charge is 2.22. The van der Waals surface area contributed by atoms with Crippen molar-refractivity contribution in [1.82, 2.24) is 4.90 Å². The summed E-state index contributed by atoms with van der Waals surface area (Å²) in [6, 6.07) is 7.56. The van der Waals surface area contributed by atoms with Gasteiger partial charge in [0.25, 0.3) is 0 Å². The van der Waals surface area contributed by atoms with Gasteiger partial charge in [0.05, 0.1) is 0 Å². The van der Waals surface area contributed by atoms with Crippen LogP contribution in [0, 0.1) is 6.92 Å². The number of nitrogens with zero attached hydrogens (tertiary/aromatic N) is 1. The third-order valence-electron chi connectivity index (χ3n) is 3.00. The first kappa shape index (κ1) is 8.76. The van der Waals surface area contributed by atoms with Crippen LogP contribution in [-0.4, -0.2) is 25.0 Å². The van der Waals surface area contributed by atoms with Crippen molar-refractivity contribution in [2.24, 2.45) is 0 Å². The number of likely N-dealkylation sites (N-methyl/N-ethyl adjacent to an activating group) is 1. The summed E-state index contributed by atoms with van der Waals surface area (Å²) in [5.41, 5.74) is 4.49. The van der Waals surface area contributed by atoms with Gasteiger partial charge in [-0.15, -0.1) is 0 Å².